The maximum absolute atomic E-state index is 11.3. The van der Waals surface area contributed by atoms with Crippen LogP contribution in [0.15, 0.2) is 11.6 Å². The topological polar surface area (TPSA) is 66.4 Å². The largest absolute Gasteiger partial charge is 0.478 e. The van der Waals surface area contributed by atoms with Crippen molar-refractivity contribution < 1.29 is 14.7 Å². The van der Waals surface area contributed by atoms with Crippen molar-refractivity contribution in [3.05, 3.63) is 11.6 Å². The second kappa shape index (κ2) is 4.07. The number of rotatable bonds is 2. The smallest absolute Gasteiger partial charge is 0.328 e. The van der Waals surface area contributed by atoms with Crippen LogP contribution < -0.4 is 5.32 Å². The van der Waals surface area contributed by atoms with Gasteiger partial charge in [-0.25, -0.2) is 4.79 Å². The fourth-order valence-corrected chi connectivity index (χ4v) is 0.881. The molecule has 0 heterocycles. The van der Waals surface area contributed by atoms with E-state index in [2.05, 4.69) is 5.32 Å². The van der Waals surface area contributed by atoms with Gasteiger partial charge in [0.1, 0.15) is 0 Å². The Morgan fingerprint density at radius 2 is 1.77 bits per heavy atom. The second-order valence-electron chi connectivity index (χ2n) is 3.73. The zero-order chi connectivity index (χ0) is 10.6. The van der Waals surface area contributed by atoms with E-state index in [1.165, 1.54) is 7.05 Å². The molecule has 1 amide bonds. The summed E-state index contributed by atoms with van der Waals surface area (Å²) in [6.45, 7) is 5.37. The van der Waals surface area contributed by atoms with Crippen LogP contribution in [0.3, 0.4) is 0 Å². The Balaban J connectivity index is 4.99. The molecular weight excluding hydrogens is 170 g/mol. The quantitative estimate of drug-likeness (QED) is 0.625. The van der Waals surface area contributed by atoms with Gasteiger partial charge in [-0.15, -0.1) is 0 Å². The maximum atomic E-state index is 11.3. The highest BCUT2D eigenvalue weighted by Crippen LogP contribution is 2.24. The van der Waals surface area contributed by atoms with Crippen LogP contribution in [-0.4, -0.2) is 24.0 Å². The lowest BCUT2D eigenvalue weighted by molar-refractivity contribution is -0.132. The summed E-state index contributed by atoms with van der Waals surface area (Å²) < 4.78 is 0. The summed E-state index contributed by atoms with van der Waals surface area (Å²) in [6.07, 6.45) is 0.943. The van der Waals surface area contributed by atoms with Crippen LogP contribution in [0.25, 0.3) is 0 Å². The Bertz CT molecular complexity index is 248. The fourth-order valence-electron chi connectivity index (χ4n) is 0.881. The molecule has 0 radical (unpaired) electrons. The average Bonchev–Trinajstić information content (AvgIpc) is 1.96. The zero-order valence-corrected chi connectivity index (χ0v) is 8.34. The van der Waals surface area contributed by atoms with Crippen LogP contribution in [0, 0.1) is 5.41 Å². The fraction of sp³-hybridized carbons (Fsp3) is 0.556. The first-order valence-electron chi connectivity index (χ1n) is 3.96. The first-order valence-corrected chi connectivity index (χ1v) is 3.96. The van der Waals surface area contributed by atoms with E-state index in [0.29, 0.717) is 0 Å². The molecule has 0 aliphatic heterocycles. The van der Waals surface area contributed by atoms with E-state index < -0.39 is 11.4 Å². The first-order chi connectivity index (χ1) is 5.79. The standard InChI is InChI=1S/C9H15NO3/c1-9(2,3)6(5-7(11)12)8(13)10-4/h5H,1-4H3,(H,10,13)(H,11,12)/b6-5+. The molecule has 0 aromatic rings. The van der Waals surface area contributed by atoms with Crippen LogP contribution in [-0.2, 0) is 9.59 Å². The lowest BCUT2D eigenvalue weighted by Gasteiger charge is -2.20. The molecule has 4 heteroatoms. The first kappa shape index (κ1) is 11.7. The summed E-state index contributed by atoms with van der Waals surface area (Å²) in [6, 6.07) is 0. The van der Waals surface area contributed by atoms with Crippen LogP contribution in [0.1, 0.15) is 20.8 Å². The van der Waals surface area contributed by atoms with Gasteiger partial charge in [0, 0.05) is 18.7 Å². The highest BCUT2D eigenvalue weighted by Gasteiger charge is 2.23. The van der Waals surface area contributed by atoms with Gasteiger partial charge in [-0.2, -0.15) is 0 Å². The molecule has 2 N–H and O–H groups in total. The summed E-state index contributed by atoms with van der Waals surface area (Å²) in [7, 11) is 1.48. The highest BCUT2D eigenvalue weighted by molar-refractivity contribution is 5.99. The average molecular weight is 185 g/mol. The number of aliphatic carboxylic acids is 1. The predicted molar refractivity (Wildman–Crippen MR) is 49.2 cm³/mol. The van der Waals surface area contributed by atoms with Crippen LogP contribution >= 0.6 is 0 Å². The zero-order valence-electron chi connectivity index (χ0n) is 8.34. The molecule has 0 aromatic heterocycles. The van der Waals surface area contributed by atoms with Crippen molar-refractivity contribution in [1.29, 1.82) is 0 Å². The summed E-state index contributed by atoms with van der Waals surface area (Å²) in [5.74, 6) is -1.46. The van der Waals surface area contributed by atoms with Crippen LogP contribution in [0.4, 0.5) is 0 Å². The monoisotopic (exact) mass is 185 g/mol. The van der Waals surface area contributed by atoms with Crippen molar-refractivity contribution in [1.82, 2.24) is 5.32 Å². The van der Waals surface area contributed by atoms with Crippen molar-refractivity contribution >= 4 is 11.9 Å². The van der Waals surface area contributed by atoms with Crippen LogP contribution in [0.5, 0.6) is 0 Å². The molecule has 0 aromatic carbocycles. The minimum Gasteiger partial charge on any atom is -0.478 e. The number of carbonyl (C=O) groups excluding carboxylic acids is 1. The third kappa shape index (κ3) is 3.73. The van der Waals surface area contributed by atoms with Gasteiger partial charge < -0.3 is 10.4 Å². The number of amides is 1. The van der Waals surface area contributed by atoms with Gasteiger partial charge in [-0.3, -0.25) is 4.79 Å². The predicted octanol–water partition coefficient (Wildman–Crippen LogP) is 0.789. The summed E-state index contributed by atoms with van der Waals surface area (Å²) >= 11 is 0. The van der Waals surface area contributed by atoms with Gasteiger partial charge in [-0.05, 0) is 5.41 Å². The Morgan fingerprint density at radius 1 is 1.31 bits per heavy atom. The van der Waals surface area contributed by atoms with Crippen LogP contribution in [0.2, 0.25) is 0 Å². The van der Waals surface area contributed by atoms with Gasteiger partial charge in [0.25, 0.3) is 0 Å². The number of hydrogen-bond donors (Lipinski definition) is 2. The molecule has 0 rings (SSSR count). The molecule has 4 nitrogen and oxygen atoms in total. The van der Waals surface area contributed by atoms with Crippen molar-refractivity contribution in [2.75, 3.05) is 7.05 Å². The number of hydrogen-bond acceptors (Lipinski definition) is 2. The highest BCUT2D eigenvalue weighted by atomic mass is 16.4. The molecule has 13 heavy (non-hydrogen) atoms. The van der Waals surface area contributed by atoms with Gasteiger partial charge in [0.05, 0.1) is 0 Å². The Kier molecular flexibility index (Phi) is 3.66. The number of nitrogens with one attached hydrogen (secondary N) is 1. The number of carbonyl (C=O) groups is 2. The number of carboxylic acids is 1. The van der Waals surface area contributed by atoms with Crippen molar-refractivity contribution in [2.24, 2.45) is 5.41 Å². The molecule has 0 aliphatic rings. The van der Waals surface area contributed by atoms with Crippen molar-refractivity contribution in [3.8, 4) is 0 Å². The van der Waals surface area contributed by atoms with Crippen molar-refractivity contribution in [3.63, 3.8) is 0 Å². The molecule has 0 spiro atoms. The molecule has 0 fully saturated rings. The van der Waals surface area contributed by atoms with E-state index >= 15 is 0 Å². The van der Waals surface area contributed by atoms with E-state index in [0.717, 1.165) is 6.08 Å². The Labute approximate surface area is 77.6 Å². The minimum absolute atomic E-state index is 0.266. The van der Waals surface area contributed by atoms with Gasteiger partial charge in [0.2, 0.25) is 5.91 Å². The van der Waals surface area contributed by atoms with Gasteiger partial charge in [0.15, 0.2) is 0 Å². The third-order valence-corrected chi connectivity index (χ3v) is 1.55. The summed E-state index contributed by atoms with van der Waals surface area (Å²) in [5, 5.41) is 10.9. The van der Waals surface area contributed by atoms with Gasteiger partial charge in [-0.1, -0.05) is 20.8 Å². The molecule has 74 valence electrons. The molecule has 0 saturated carbocycles. The second-order valence-corrected chi connectivity index (χ2v) is 3.73. The minimum atomic E-state index is -1.10. The van der Waals surface area contributed by atoms with Crippen molar-refractivity contribution in [2.45, 2.75) is 20.8 Å². The normalized spacial score (nSPS) is 12.5. The van der Waals surface area contributed by atoms with E-state index in [-0.39, 0.29) is 11.5 Å². The Hall–Kier alpha value is -1.32. The van der Waals surface area contributed by atoms with E-state index in [1.807, 2.05) is 0 Å². The lowest BCUT2D eigenvalue weighted by Crippen LogP contribution is -2.28. The summed E-state index contributed by atoms with van der Waals surface area (Å²) in [5.41, 5.74) is -0.194. The number of likely N-dealkylation sites (N-methyl/N-ethyl adjacent to an activating group) is 1. The summed E-state index contributed by atoms with van der Waals surface area (Å²) in [4.78, 5) is 21.7. The molecule has 0 atom stereocenters. The van der Waals surface area contributed by atoms with E-state index in [4.69, 9.17) is 5.11 Å². The molecule has 0 saturated heterocycles. The maximum Gasteiger partial charge on any atom is 0.328 e. The van der Waals surface area contributed by atoms with Gasteiger partial charge >= 0.3 is 5.97 Å². The third-order valence-electron chi connectivity index (χ3n) is 1.55. The Morgan fingerprint density at radius 3 is 2.00 bits per heavy atom. The van der Waals surface area contributed by atoms with E-state index in [1.54, 1.807) is 20.8 Å². The molecular formula is C9H15NO3. The lowest BCUT2D eigenvalue weighted by atomic mass is 9.85. The van der Waals surface area contributed by atoms with E-state index in [9.17, 15) is 9.59 Å². The SMILES string of the molecule is CNC(=O)/C(=C\C(=O)O)C(C)(C)C. The molecule has 0 aliphatic carbocycles. The molecule has 0 unspecified atom stereocenters. The molecule has 0 bridgehead atoms. The number of carboxylic acid groups (broad SMARTS) is 1.